The van der Waals surface area contributed by atoms with E-state index < -0.39 is 5.92 Å². The molecule has 0 fully saturated rings. The van der Waals surface area contributed by atoms with Crippen LogP contribution in [0, 0.1) is 18.3 Å². The van der Waals surface area contributed by atoms with Crippen molar-refractivity contribution in [3.05, 3.63) is 68.7 Å². The lowest BCUT2D eigenvalue weighted by Gasteiger charge is -2.10. The Morgan fingerprint density at radius 2 is 2.05 bits per heavy atom. The highest BCUT2D eigenvalue weighted by atomic mass is 79.9. The number of nitriles is 1. The van der Waals surface area contributed by atoms with Crippen molar-refractivity contribution in [2.24, 2.45) is 0 Å². The van der Waals surface area contributed by atoms with Gasteiger partial charge in [-0.3, -0.25) is 4.79 Å². The van der Waals surface area contributed by atoms with E-state index in [0.29, 0.717) is 16.1 Å². The van der Waals surface area contributed by atoms with Crippen molar-refractivity contribution in [3.8, 4) is 6.07 Å². The molecule has 1 unspecified atom stereocenters. The molecule has 100 valence electrons. The number of rotatable bonds is 3. The topological polar surface area (TPSA) is 40.9 Å². The predicted octanol–water partition coefficient (Wildman–Crippen LogP) is 4.90. The molecule has 0 saturated heterocycles. The highest BCUT2D eigenvalue weighted by Gasteiger charge is 2.23. The fourth-order valence-corrected chi connectivity index (χ4v) is 2.69. The molecule has 0 bridgehead atoms. The molecule has 0 spiro atoms. The number of carbonyl (C=O) groups excluding carboxylic acids is 1. The van der Waals surface area contributed by atoms with Crippen LogP contribution in [-0.2, 0) is 0 Å². The minimum absolute atomic E-state index is 0.282. The van der Waals surface area contributed by atoms with Crippen molar-refractivity contribution in [2.75, 3.05) is 0 Å². The van der Waals surface area contributed by atoms with Crippen molar-refractivity contribution < 1.29 is 4.79 Å². The van der Waals surface area contributed by atoms with Gasteiger partial charge in [-0.25, -0.2) is 0 Å². The fraction of sp³-hybridized carbons (Fsp3) is 0.125. The molecule has 0 aliphatic heterocycles. The average molecular weight is 349 g/mol. The van der Waals surface area contributed by atoms with Crippen molar-refractivity contribution >= 4 is 33.3 Å². The molecule has 0 saturated carbocycles. The summed E-state index contributed by atoms with van der Waals surface area (Å²) in [6.45, 7) is 1.90. The quantitative estimate of drug-likeness (QED) is 0.740. The van der Waals surface area contributed by atoms with Gasteiger partial charge < -0.3 is 0 Å². The van der Waals surface area contributed by atoms with Crippen LogP contribution >= 0.6 is 27.5 Å². The number of nitrogens with zero attached hydrogens (tertiary/aromatic N) is 1. The van der Waals surface area contributed by atoms with Crippen molar-refractivity contribution in [2.45, 2.75) is 12.8 Å². The van der Waals surface area contributed by atoms with Crippen molar-refractivity contribution in [1.29, 1.82) is 5.26 Å². The number of ketones is 1. The first-order valence-electron chi connectivity index (χ1n) is 5.98. The zero-order chi connectivity index (χ0) is 14.7. The number of aryl methyl sites for hydroxylation is 1. The molecular weight excluding hydrogens is 338 g/mol. The Labute approximate surface area is 131 Å². The molecule has 2 aromatic rings. The van der Waals surface area contributed by atoms with Crippen LogP contribution in [0.2, 0.25) is 5.02 Å². The summed E-state index contributed by atoms with van der Waals surface area (Å²) >= 11 is 9.45. The lowest BCUT2D eigenvalue weighted by atomic mass is 9.91. The van der Waals surface area contributed by atoms with Crippen LogP contribution in [0.15, 0.2) is 46.9 Å². The molecule has 0 N–H and O–H groups in total. The van der Waals surface area contributed by atoms with Gasteiger partial charge >= 0.3 is 0 Å². The highest BCUT2D eigenvalue weighted by Crippen LogP contribution is 2.27. The molecule has 2 nitrogen and oxygen atoms in total. The number of halogens is 2. The molecule has 0 radical (unpaired) electrons. The lowest BCUT2D eigenvalue weighted by molar-refractivity contribution is 0.0979. The molecule has 0 aliphatic carbocycles. The maximum Gasteiger partial charge on any atom is 0.185 e. The Hall–Kier alpha value is -1.63. The number of hydrogen-bond acceptors (Lipinski definition) is 2. The standard InChI is InChI=1S/C16H11BrClNO/c1-10-5-6-13(15(18)7-10)16(20)14(9-19)11-3-2-4-12(17)8-11/h2-8,14H,1H3. The number of carbonyl (C=O) groups is 1. The summed E-state index contributed by atoms with van der Waals surface area (Å²) in [5, 5.41) is 9.70. The van der Waals surface area contributed by atoms with Crippen LogP contribution in [0.5, 0.6) is 0 Å². The lowest BCUT2D eigenvalue weighted by Crippen LogP contribution is -2.12. The first-order valence-corrected chi connectivity index (χ1v) is 7.15. The third-order valence-electron chi connectivity index (χ3n) is 2.96. The summed E-state index contributed by atoms with van der Waals surface area (Å²) < 4.78 is 0.832. The molecule has 4 heteroatoms. The van der Waals surface area contributed by atoms with Crippen molar-refractivity contribution in [1.82, 2.24) is 0 Å². The van der Waals surface area contributed by atoms with Crippen LogP contribution in [0.4, 0.5) is 0 Å². The zero-order valence-electron chi connectivity index (χ0n) is 10.7. The van der Waals surface area contributed by atoms with Gasteiger partial charge in [0.05, 0.1) is 11.1 Å². The van der Waals surface area contributed by atoms with E-state index >= 15 is 0 Å². The van der Waals surface area contributed by atoms with E-state index in [9.17, 15) is 10.1 Å². The molecule has 0 amide bonds. The third kappa shape index (κ3) is 3.09. The Morgan fingerprint density at radius 1 is 1.30 bits per heavy atom. The molecule has 2 rings (SSSR count). The Morgan fingerprint density at radius 3 is 2.65 bits per heavy atom. The Balaban J connectivity index is 2.42. The van der Waals surface area contributed by atoms with E-state index in [2.05, 4.69) is 22.0 Å². The van der Waals surface area contributed by atoms with E-state index in [1.54, 1.807) is 30.3 Å². The average Bonchev–Trinajstić information content (AvgIpc) is 2.39. The van der Waals surface area contributed by atoms with Crippen LogP contribution in [0.3, 0.4) is 0 Å². The molecule has 1 atom stereocenters. The summed E-state index contributed by atoms with van der Waals surface area (Å²) in [6, 6.07) is 14.4. The van der Waals surface area contributed by atoms with Crippen LogP contribution in [0.1, 0.15) is 27.4 Å². The summed E-state index contributed by atoms with van der Waals surface area (Å²) in [7, 11) is 0. The summed E-state index contributed by atoms with van der Waals surface area (Å²) in [5.74, 6) is -1.14. The van der Waals surface area contributed by atoms with Gasteiger partial charge in [-0.05, 0) is 42.3 Å². The van der Waals surface area contributed by atoms with Crippen LogP contribution in [0.25, 0.3) is 0 Å². The first kappa shape index (κ1) is 14.8. The van der Waals surface area contributed by atoms with Gasteiger partial charge in [0.1, 0.15) is 5.92 Å². The highest BCUT2D eigenvalue weighted by molar-refractivity contribution is 9.10. The van der Waals surface area contributed by atoms with E-state index in [4.69, 9.17) is 11.6 Å². The maximum atomic E-state index is 12.5. The first-order chi connectivity index (χ1) is 9.52. The monoisotopic (exact) mass is 347 g/mol. The van der Waals surface area contributed by atoms with Crippen molar-refractivity contribution in [3.63, 3.8) is 0 Å². The van der Waals surface area contributed by atoms with E-state index in [1.165, 1.54) is 0 Å². The third-order valence-corrected chi connectivity index (χ3v) is 3.77. The second kappa shape index (κ2) is 6.21. The van der Waals surface area contributed by atoms with Gasteiger partial charge in [0, 0.05) is 10.0 Å². The SMILES string of the molecule is Cc1ccc(C(=O)C(C#N)c2cccc(Br)c2)c(Cl)c1. The van der Waals surface area contributed by atoms with Crippen LogP contribution in [-0.4, -0.2) is 5.78 Å². The minimum Gasteiger partial charge on any atom is -0.292 e. The number of benzene rings is 2. The van der Waals surface area contributed by atoms with Gasteiger partial charge in [-0.2, -0.15) is 5.26 Å². The largest absolute Gasteiger partial charge is 0.292 e. The normalized spacial score (nSPS) is 11.7. The van der Waals surface area contributed by atoms with Gasteiger partial charge in [0.15, 0.2) is 5.78 Å². The van der Waals surface area contributed by atoms with Gasteiger partial charge in [-0.15, -0.1) is 0 Å². The Kier molecular flexibility index (Phi) is 4.59. The van der Waals surface area contributed by atoms with Crippen LogP contribution < -0.4 is 0 Å². The number of Topliss-reactive ketones (excluding diaryl/α,β-unsaturated/α-hetero) is 1. The van der Waals surface area contributed by atoms with E-state index in [-0.39, 0.29) is 5.78 Å². The van der Waals surface area contributed by atoms with E-state index in [1.807, 2.05) is 19.1 Å². The smallest absolute Gasteiger partial charge is 0.185 e. The fourth-order valence-electron chi connectivity index (χ4n) is 1.95. The zero-order valence-corrected chi connectivity index (χ0v) is 13.1. The maximum absolute atomic E-state index is 12.5. The molecule has 0 aliphatic rings. The molecule has 0 heterocycles. The predicted molar refractivity (Wildman–Crippen MR) is 83.0 cm³/mol. The molecule has 20 heavy (non-hydrogen) atoms. The summed E-state index contributed by atoms with van der Waals surface area (Å²) in [4.78, 5) is 12.5. The number of hydrogen-bond donors (Lipinski definition) is 0. The van der Waals surface area contributed by atoms with Gasteiger partial charge in [0.25, 0.3) is 0 Å². The van der Waals surface area contributed by atoms with E-state index in [0.717, 1.165) is 10.0 Å². The molecule has 2 aromatic carbocycles. The second-order valence-corrected chi connectivity index (χ2v) is 5.79. The molecular formula is C16H11BrClNO. The summed E-state index contributed by atoms with van der Waals surface area (Å²) in [5.41, 5.74) is 2.01. The Bertz CT molecular complexity index is 706. The summed E-state index contributed by atoms with van der Waals surface area (Å²) in [6.07, 6.45) is 0. The molecule has 0 aromatic heterocycles. The van der Waals surface area contributed by atoms with Gasteiger partial charge in [0.2, 0.25) is 0 Å². The second-order valence-electron chi connectivity index (χ2n) is 4.46. The minimum atomic E-state index is -0.854. The van der Waals surface area contributed by atoms with Gasteiger partial charge in [-0.1, -0.05) is 45.7 Å².